The van der Waals surface area contributed by atoms with Gasteiger partial charge in [0, 0.05) is 5.92 Å². The Balaban J connectivity index is 2.96. The lowest BCUT2D eigenvalue weighted by Gasteiger charge is -2.01. The van der Waals surface area contributed by atoms with Gasteiger partial charge in [-0.05, 0) is 0 Å². The van der Waals surface area contributed by atoms with Crippen molar-refractivity contribution in [1.82, 2.24) is 15.0 Å². The topological polar surface area (TPSA) is 38.7 Å². The minimum atomic E-state index is 0.290. The van der Waals surface area contributed by atoms with Gasteiger partial charge in [-0.1, -0.05) is 13.8 Å². The van der Waals surface area contributed by atoms with Gasteiger partial charge < -0.3 is 0 Å². The number of nitrogens with zero attached hydrogens (tertiary/aromatic N) is 3. The van der Waals surface area contributed by atoms with Gasteiger partial charge in [0.15, 0.2) is 7.85 Å². The smallest absolute Gasteiger partial charge is 0.170 e. The third-order valence-electron chi connectivity index (χ3n) is 1.13. The number of hydrogen-bond donors (Lipinski definition) is 0. The molecule has 0 bridgehead atoms. The Morgan fingerprint density at radius 3 is 2.50 bits per heavy atom. The highest BCUT2D eigenvalue weighted by atomic mass is 15.0. The molecule has 10 heavy (non-hydrogen) atoms. The molecule has 0 atom stereocenters. The Morgan fingerprint density at radius 1 is 1.40 bits per heavy atom. The number of hydrogen-bond acceptors (Lipinski definition) is 3. The van der Waals surface area contributed by atoms with Crippen molar-refractivity contribution in [2.75, 3.05) is 0 Å². The number of aromatic nitrogens is 3. The van der Waals surface area contributed by atoms with Crippen LogP contribution in [0, 0.1) is 0 Å². The normalized spacial score (nSPS) is 10.3. The van der Waals surface area contributed by atoms with Crippen LogP contribution in [0.3, 0.4) is 0 Å². The SMILES string of the molecule is [B]c1ncnc(C(C)C)n1. The van der Waals surface area contributed by atoms with Gasteiger partial charge in [0.05, 0.1) is 5.72 Å². The van der Waals surface area contributed by atoms with E-state index in [0.29, 0.717) is 11.6 Å². The van der Waals surface area contributed by atoms with Crippen molar-refractivity contribution >= 4 is 13.6 Å². The quantitative estimate of drug-likeness (QED) is 0.497. The summed E-state index contributed by atoms with van der Waals surface area (Å²) in [6.45, 7) is 4.02. The fraction of sp³-hybridized carbons (Fsp3) is 0.500. The fourth-order valence-electron chi connectivity index (χ4n) is 0.600. The Hall–Kier alpha value is -0.925. The molecule has 3 nitrogen and oxygen atoms in total. The minimum absolute atomic E-state index is 0.290. The summed E-state index contributed by atoms with van der Waals surface area (Å²) in [6, 6.07) is 0. The van der Waals surface area contributed by atoms with Crippen LogP contribution in [0.25, 0.3) is 0 Å². The lowest BCUT2D eigenvalue weighted by Crippen LogP contribution is -2.16. The third-order valence-corrected chi connectivity index (χ3v) is 1.13. The first-order chi connectivity index (χ1) is 4.70. The molecule has 1 aromatic heterocycles. The average Bonchev–Trinajstić information content (AvgIpc) is 1.88. The van der Waals surface area contributed by atoms with Gasteiger partial charge in [0.25, 0.3) is 0 Å². The van der Waals surface area contributed by atoms with Crippen LogP contribution in [-0.4, -0.2) is 22.8 Å². The molecule has 0 N–H and O–H groups in total. The van der Waals surface area contributed by atoms with Gasteiger partial charge in [0.1, 0.15) is 12.2 Å². The van der Waals surface area contributed by atoms with Crippen molar-refractivity contribution in [2.45, 2.75) is 19.8 Å². The van der Waals surface area contributed by atoms with Gasteiger partial charge in [0.2, 0.25) is 0 Å². The van der Waals surface area contributed by atoms with E-state index in [1.807, 2.05) is 13.8 Å². The van der Waals surface area contributed by atoms with Gasteiger partial charge in [-0.3, -0.25) is 0 Å². The summed E-state index contributed by atoms with van der Waals surface area (Å²) in [5, 5.41) is 0. The third kappa shape index (κ3) is 1.53. The van der Waals surface area contributed by atoms with Crippen molar-refractivity contribution in [1.29, 1.82) is 0 Å². The largest absolute Gasteiger partial charge is 0.234 e. The van der Waals surface area contributed by atoms with Crippen molar-refractivity contribution in [3.63, 3.8) is 0 Å². The minimum Gasteiger partial charge on any atom is -0.234 e. The van der Waals surface area contributed by atoms with Crippen molar-refractivity contribution in [3.05, 3.63) is 12.2 Å². The summed E-state index contributed by atoms with van der Waals surface area (Å²) in [5.41, 5.74) is 0.290. The zero-order valence-electron chi connectivity index (χ0n) is 6.07. The Kier molecular flexibility index (Phi) is 1.99. The molecule has 0 aliphatic rings. The van der Waals surface area contributed by atoms with E-state index in [1.165, 1.54) is 6.33 Å². The van der Waals surface area contributed by atoms with Crippen LogP contribution in [0.2, 0.25) is 0 Å². The summed E-state index contributed by atoms with van der Waals surface area (Å²) < 4.78 is 0. The molecule has 0 aromatic carbocycles. The monoisotopic (exact) mass is 133 g/mol. The molecule has 50 valence electrons. The molecule has 1 rings (SSSR count). The zero-order valence-corrected chi connectivity index (χ0v) is 6.07. The maximum absolute atomic E-state index is 5.33. The molecule has 0 unspecified atom stereocenters. The van der Waals surface area contributed by atoms with Gasteiger partial charge >= 0.3 is 0 Å². The molecule has 2 radical (unpaired) electrons. The second kappa shape index (κ2) is 2.77. The van der Waals surface area contributed by atoms with E-state index in [-0.39, 0.29) is 0 Å². The first kappa shape index (κ1) is 7.19. The van der Waals surface area contributed by atoms with Crippen LogP contribution < -0.4 is 5.72 Å². The van der Waals surface area contributed by atoms with Crippen LogP contribution in [0.1, 0.15) is 25.6 Å². The molecule has 0 spiro atoms. The van der Waals surface area contributed by atoms with Crippen LogP contribution in [0.4, 0.5) is 0 Å². The van der Waals surface area contributed by atoms with E-state index in [1.54, 1.807) is 0 Å². The summed E-state index contributed by atoms with van der Waals surface area (Å²) >= 11 is 0. The number of rotatable bonds is 1. The van der Waals surface area contributed by atoms with Gasteiger partial charge in [-0.15, -0.1) is 0 Å². The predicted octanol–water partition coefficient (Wildman–Crippen LogP) is -0.211. The Bertz CT molecular complexity index is 224. The van der Waals surface area contributed by atoms with E-state index >= 15 is 0 Å². The van der Waals surface area contributed by atoms with Crippen LogP contribution in [-0.2, 0) is 0 Å². The molecule has 0 aliphatic carbocycles. The molecular formula is C6H8BN3. The summed E-state index contributed by atoms with van der Waals surface area (Å²) in [5.74, 6) is 1.05. The van der Waals surface area contributed by atoms with Crippen LogP contribution >= 0.6 is 0 Å². The predicted molar refractivity (Wildman–Crippen MR) is 39.3 cm³/mol. The van der Waals surface area contributed by atoms with Crippen molar-refractivity contribution in [3.8, 4) is 0 Å². The molecule has 1 aromatic rings. The average molecular weight is 133 g/mol. The van der Waals surface area contributed by atoms with Crippen LogP contribution in [0.15, 0.2) is 6.33 Å². The molecule has 0 amide bonds. The first-order valence-electron chi connectivity index (χ1n) is 3.14. The molecule has 4 heteroatoms. The van der Waals surface area contributed by atoms with E-state index in [2.05, 4.69) is 15.0 Å². The van der Waals surface area contributed by atoms with Gasteiger partial charge in [-0.2, -0.15) is 0 Å². The molecule has 1 heterocycles. The maximum Gasteiger partial charge on any atom is 0.170 e. The molecular weight excluding hydrogens is 125 g/mol. The first-order valence-corrected chi connectivity index (χ1v) is 3.14. The second-order valence-corrected chi connectivity index (χ2v) is 2.36. The highest BCUT2D eigenvalue weighted by Gasteiger charge is 2.00. The summed E-state index contributed by atoms with van der Waals surface area (Å²) in [4.78, 5) is 11.5. The Labute approximate surface area is 61.3 Å². The van der Waals surface area contributed by atoms with E-state index in [0.717, 1.165) is 5.82 Å². The summed E-state index contributed by atoms with van der Waals surface area (Å²) in [7, 11) is 5.33. The highest BCUT2D eigenvalue weighted by molar-refractivity contribution is 6.28. The summed E-state index contributed by atoms with van der Waals surface area (Å²) in [6.07, 6.45) is 1.43. The highest BCUT2D eigenvalue weighted by Crippen LogP contribution is 2.03. The van der Waals surface area contributed by atoms with E-state index < -0.39 is 0 Å². The molecule has 0 fully saturated rings. The maximum atomic E-state index is 5.33. The lowest BCUT2D eigenvalue weighted by molar-refractivity contribution is 0.768. The zero-order chi connectivity index (χ0) is 7.56. The van der Waals surface area contributed by atoms with E-state index in [9.17, 15) is 0 Å². The van der Waals surface area contributed by atoms with Crippen molar-refractivity contribution in [2.24, 2.45) is 0 Å². The Morgan fingerprint density at radius 2 is 2.10 bits per heavy atom. The molecule has 0 aliphatic heterocycles. The van der Waals surface area contributed by atoms with Crippen LogP contribution in [0.5, 0.6) is 0 Å². The standard InChI is InChI=1S/C6H8BN3/c1-4(2)5-8-3-9-6(7)10-5/h3-4H,1-2H3. The molecule has 0 saturated heterocycles. The lowest BCUT2D eigenvalue weighted by atomic mass is 10.1. The van der Waals surface area contributed by atoms with Crippen molar-refractivity contribution < 1.29 is 0 Å². The fourth-order valence-corrected chi connectivity index (χ4v) is 0.600. The molecule has 0 saturated carbocycles. The van der Waals surface area contributed by atoms with E-state index in [4.69, 9.17) is 7.85 Å². The van der Waals surface area contributed by atoms with Gasteiger partial charge in [-0.25, -0.2) is 15.0 Å². The second-order valence-electron chi connectivity index (χ2n) is 2.36.